The van der Waals surface area contributed by atoms with Gasteiger partial charge in [0.15, 0.2) is 0 Å². The van der Waals surface area contributed by atoms with Crippen LogP contribution in [0.4, 0.5) is 14.9 Å². The molecule has 3 heterocycles. The van der Waals surface area contributed by atoms with Gasteiger partial charge in [0.25, 0.3) is 7.57 Å². The number of phosphoric acid groups is 1. The number of carbonyl (C=O) groups excluding carboxylic acids is 1. The Kier molecular flexibility index (Phi) is 6.84. The Bertz CT molecular complexity index is 1350. The largest absolute Gasteiger partial charge is 0.478 e. The predicted molar refractivity (Wildman–Crippen MR) is 120 cm³/mol. The van der Waals surface area contributed by atoms with Crippen LogP contribution >= 0.6 is 15.4 Å². The van der Waals surface area contributed by atoms with Gasteiger partial charge in [0.2, 0.25) is 5.82 Å². The number of hydrogen-bond donors (Lipinski definition) is 3. The molecule has 1 aromatic carbocycles. The molecule has 1 unspecified atom stereocenters. The summed E-state index contributed by atoms with van der Waals surface area (Å²) in [6, 6.07) is 7.37. The number of carbonyl (C=O) groups is 1. The summed E-state index contributed by atoms with van der Waals surface area (Å²) in [5, 5.41) is 11.7. The molecule has 1 fully saturated rings. The van der Waals surface area contributed by atoms with Gasteiger partial charge in [-0.1, -0.05) is 6.07 Å². The minimum atomic E-state index is -4.85. The number of ether oxygens (including phenoxy) is 1. The molecule has 1 aliphatic rings. The van der Waals surface area contributed by atoms with Crippen molar-refractivity contribution in [2.24, 2.45) is 7.05 Å². The molecule has 2 atom stereocenters. The standard InChI is InChI=1S/C18H19FN6O8P2/c1-24-22-17(21-23-24)16-6-3-11(8-20-16)14-5-4-12(7-15(14)19)25-9-13(32-18(25)26)10-31-35(29,30)33-34(2,27)28/h3-8,13,27-28H,2,9-10H2,1H3,(H,29,30)/t13-/m1/s1. The maximum atomic E-state index is 14.9. The lowest BCUT2D eigenvalue weighted by molar-refractivity contribution is 0.0884. The number of amides is 1. The highest BCUT2D eigenvalue weighted by Crippen LogP contribution is 2.57. The lowest BCUT2D eigenvalue weighted by Crippen LogP contribution is -2.25. The maximum absolute atomic E-state index is 14.9. The number of hydrogen-bond acceptors (Lipinski definition) is 11. The highest BCUT2D eigenvalue weighted by Gasteiger charge is 2.36. The average molecular weight is 528 g/mol. The van der Waals surface area contributed by atoms with Crippen molar-refractivity contribution in [3.63, 3.8) is 0 Å². The number of benzene rings is 1. The summed E-state index contributed by atoms with van der Waals surface area (Å²) in [6.07, 6.45) is 2.43. The molecule has 0 saturated carbocycles. The van der Waals surface area contributed by atoms with E-state index in [1.165, 1.54) is 23.1 Å². The summed E-state index contributed by atoms with van der Waals surface area (Å²) < 4.78 is 40.4. The second-order valence-corrected chi connectivity index (χ2v) is 10.5. The molecule has 4 rings (SSSR count). The number of tetrazole rings is 1. The number of nitrogens with zero attached hydrogens (tertiary/aromatic N) is 6. The minimum Gasteiger partial charge on any atom is -0.441 e. The maximum Gasteiger partial charge on any atom is 0.478 e. The van der Waals surface area contributed by atoms with Gasteiger partial charge in [-0.25, -0.2) is 18.1 Å². The molecule has 0 bridgehead atoms. The van der Waals surface area contributed by atoms with Gasteiger partial charge < -0.3 is 19.4 Å². The molecule has 1 amide bonds. The first-order valence-electron chi connectivity index (χ1n) is 9.76. The molecule has 0 spiro atoms. The number of cyclic esters (lactones) is 1. The fourth-order valence-corrected chi connectivity index (χ4v) is 5.03. The lowest BCUT2D eigenvalue weighted by atomic mass is 10.1. The number of phosphoric ester groups is 1. The first kappa shape index (κ1) is 25.1. The van der Waals surface area contributed by atoms with Crippen molar-refractivity contribution in [3.05, 3.63) is 42.3 Å². The number of rotatable bonds is 8. The molecule has 2 aromatic heterocycles. The van der Waals surface area contributed by atoms with E-state index < -0.39 is 40.0 Å². The van der Waals surface area contributed by atoms with Crippen LogP contribution in [0.5, 0.6) is 0 Å². The van der Waals surface area contributed by atoms with Crippen molar-refractivity contribution in [2.75, 3.05) is 18.1 Å². The van der Waals surface area contributed by atoms with Crippen LogP contribution in [0.3, 0.4) is 0 Å². The van der Waals surface area contributed by atoms with Crippen LogP contribution in [0.15, 0.2) is 36.5 Å². The first-order chi connectivity index (χ1) is 16.4. The van der Waals surface area contributed by atoms with Gasteiger partial charge in [-0.15, -0.1) is 10.2 Å². The fourth-order valence-electron chi connectivity index (χ4n) is 3.16. The van der Waals surface area contributed by atoms with Crippen LogP contribution in [0.1, 0.15) is 0 Å². The summed E-state index contributed by atoms with van der Waals surface area (Å²) >= 11 is 0. The van der Waals surface area contributed by atoms with Crippen molar-refractivity contribution in [2.45, 2.75) is 6.10 Å². The van der Waals surface area contributed by atoms with E-state index in [4.69, 9.17) is 14.5 Å². The molecular formula is C18H19FN6O8P2. The zero-order chi connectivity index (χ0) is 25.4. The monoisotopic (exact) mass is 528 g/mol. The van der Waals surface area contributed by atoms with Crippen molar-refractivity contribution in [3.8, 4) is 22.6 Å². The molecule has 14 nitrogen and oxygen atoms in total. The topological polar surface area (TPSA) is 182 Å². The van der Waals surface area contributed by atoms with Crippen molar-refractivity contribution in [1.82, 2.24) is 25.2 Å². The summed E-state index contributed by atoms with van der Waals surface area (Å²) in [5.74, 6) is -0.304. The van der Waals surface area contributed by atoms with Gasteiger partial charge in [0.05, 0.1) is 25.9 Å². The van der Waals surface area contributed by atoms with Crippen molar-refractivity contribution < 1.29 is 42.0 Å². The van der Waals surface area contributed by atoms with Gasteiger partial charge >= 0.3 is 13.9 Å². The van der Waals surface area contributed by atoms with E-state index in [9.17, 15) is 18.6 Å². The van der Waals surface area contributed by atoms with Crippen molar-refractivity contribution >= 4 is 33.5 Å². The predicted octanol–water partition coefficient (Wildman–Crippen LogP) is 1.72. The zero-order valence-electron chi connectivity index (χ0n) is 18.0. The van der Waals surface area contributed by atoms with E-state index in [-0.39, 0.29) is 17.8 Å². The van der Waals surface area contributed by atoms with E-state index >= 15 is 0 Å². The number of aromatic nitrogens is 5. The van der Waals surface area contributed by atoms with Crippen molar-refractivity contribution in [1.29, 1.82) is 0 Å². The molecule has 17 heteroatoms. The molecule has 0 radical (unpaired) electrons. The van der Waals surface area contributed by atoms with Gasteiger partial charge in [-0.2, -0.15) is 4.80 Å². The van der Waals surface area contributed by atoms with Crippen LogP contribution in [0.2, 0.25) is 0 Å². The second kappa shape index (κ2) is 9.55. The van der Waals surface area contributed by atoms with E-state index in [1.807, 2.05) is 0 Å². The van der Waals surface area contributed by atoms with Gasteiger partial charge in [-0.05, 0) is 35.8 Å². The number of anilines is 1. The van der Waals surface area contributed by atoms with E-state index in [2.05, 4.69) is 35.5 Å². The Hall–Kier alpha value is -3.03. The van der Waals surface area contributed by atoms with Gasteiger partial charge in [0, 0.05) is 17.3 Å². The average Bonchev–Trinajstić information content (AvgIpc) is 3.36. The van der Waals surface area contributed by atoms with Gasteiger partial charge in [-0.3, -0.25) is 14.4 Å². The van der Waals surface area contributed by atoms with Crippen LogP contribution in [0.25, 0.3) is 22.6 Å². The zero-order valence-corrected chi connectivity index (χ0v) is 19.8. The van der Waals surface area contributed by atoms with Crippen LogP contribution < -0.4 is 4.90 Å². The third-order valence-corrected chi connectivity index (χ3v) is 6.95. The Balaban J connectivity index is 1.43. The highest BCUT2D eigenvalue weighted by atomic mass is 31.3. The molecule has 1 saturated heterocycles. The number of aryl methyl sites for hydroxylation is 1. The quantitative estimate of drug-likeness (QED) is 0.361. The van der Waals surface area contributed by atoms with E-state index in [0.29, 0.717) is 17.1 Å². The second-order valence-electron chi connectivity index (χ2n) is 7.33. The Morgan fingerprint density at radius 3 is 2.66 bits per heavy atom. The van der Waals surface area contributed by atoms with Crippen LogP contribution in [-0.4, -0.2) is 71.5 Å². The molecule has 3 N–H and O–H groups in total. The number of pyridine rings is 1. The first-order valence-corrected chi connectivity index (χ1v) is 13.1. The fraction of sp³-hybridized carbons (Fsp3) is 0.222. The Labute approximate surface area is 197 Å². The minimum absolute atomic E-state index is 0.123. The molecule has 0 aliphatic carbocycles. The van der Waals surface area contributed by atoms with E-state index in [0.717, 1.165) is 11.0 Å². The van der Waals surface area contributed by atoms with Crippen LogP contribution in [-0.2, 0) is 25.2 Å². The SMILES string of the molecule is C=P(O)(O)OP(=O)(O)OC[C@H]1CN(c2ccc(-c3ccc(-c4nnn(C)n4)nc3)c(F)c2)C(=O)O1. The lowest BCUT2D eigenvalue weighted by Gasteiger charge is -2.17. The molecule has 1 aliphatic heterocycles. The third kappa shape index (κ3) is 6.16. The summed E-state index contributed by atoms with van der Waals surface area (Å²) in [5.41, 5.74) is 1.36. The highest BCUT2D eigenvalue weighted by molar-refractivity contribution is 7.66. The van der Waals surface area contributed by atoms with Crippen LogP contribution in [0, 0.1) is 5.82 Å². The third-order valence-electron chi connectivity index (χ3n) is 4.61. The van der Waals surface area contributed by atoms with E-state index in [1.54, 1.807) is 19.2 Å². The molecule has 35 heavy (non-hydrogen) atoms. The Morgan fingerprint density at radius 2 is 2.06 bits per heavy atom. The summed E-state index contributed by atoms with van der Waals surface area (Å²) in [4.78, 5) is 46.5. The number of halogens is 1. The normalized spacial score (nSPS) is 17.9. The molecule has 3 aromatic rings. The smallest absolute Gasteiger partial charge is 0.441 e. The molecular weight excluding hydrogens is 509 g/mol. The summed E-state index contributed by atoms with van der Waals surface area (Å²) in [6.45, 7) is -0.711. The van der Waals surface area contributed by atoms with Gasteiger partial charge in [0.1, 0.15) is 17.6 Å². The Morgan fingerprint density at radius 1 is 1.29 bits per heavy atom. The summed E-state index contributed by atoms with van der Waals surface area (Å²) in [7, 11) is -7.52. The molecule has 186 valence electrons.